The molecule has 2 aromatic heterocycles. The molecule has 0 unspecified atom stereocenters. The minimum Gasteiger partial charge on any atom is -0.493 e. The Morgan fingerprint density at radius 2 is 1.71 bits per heavy atom. The summed E-state index contributed by atoms with van der Waals surface area (Å²) < 4.78 is 53.1. The first-order valence-corrected chi connectivity index (χ1v) is 14.8. The average Bonchev–Trinajstić information content (AvgIpc) is 3.61. The lowest BCUT2D eigenvalue weighted by molar-refractivity contribution is 0.325. The molecule has 1 aliphatic rings. The molecule has 0 amide bonds. The summed E-state index contributed by atoms with van der Waals surface area (Å²) in [6, 6.07) is 7.49. The van der Waals surface area contributed by atoms with Gasteiger partial charge < -0.3 is 18.9 Å². The van der Waals surface area contributed by atoms with Gasteiger partial charge in [0.25, 0.3) is 10.0 Å². The van der Waals surface area contributed by atoms with Gasteiger partial charge in [0.05, 0.1) is 49.8 Å². The molecule has 4 aromatic rings. The fourth-order valence-corrected chi connectivity index (χ4v) is 6.40. The second kappa shape index (κ2) is 11.3. The van der Waals surface area contributed by atoms with Crippen LogP contribution in [-0.4, -0.2) is 55.7 Å². The Morgan fingerprint density at radius 1 is 1.00 bits per heavy atom. The molecule has 2 heterocycles. The molecule has 1 aliphatic carbocycles. The molecule has 2 aromatic carbocycles. The minimum absolute atomic E-state index is 0.0731. The number of fused-ring (bicyclic) bond motifs is 1. The van der Waals surface area contributed by atoms with Crippen molar-refractivity contribution in [2.24, 2.45) is 0 Å². The van der Waals surface area contributed by atoms with Crippen LogP contribution in [0.15, 0.2) is 40.0 Å². The van der Waals surface area contributed by atoms with E-state index in [0.29, 0.717) is 35.1 Å². The van der Waals surface area contributed by atoms with Crippen molar-refractivity contribution in [1.29, 1.82) is 0 Å². The Labute approximate surface area is 237 Å². The number of aryl methyl sites for hydroxylation is 1. The second-order valence-electron chi connectivity index (χ2n) is 9.65. The third-order valence-electron chi connectivity index (χ3n) is 7.20. The lowest BCUT2D eigenvalue weighted by atomic mass is 10.0. The highest BCUT2D eigenvalue weighted by molar-refractivity contribution is 7.92. The van der Waals surface area contributed by atoms with E-state index in [2.05, 4.69) is 14.7 Å². The number of aromatic nitrogens is 4. The van der Waals surface area contributed by atoms with Crippen molar-refractivity contribution in [2.45, 2.75) is 50.3 Å². The summed E-state index contributed by atoms with van der Waals surface area (Å²) >= 11 is 0. The summed E-state index contributed by atoms with van der Waals surface area (Å²) in [5.74, 6) is 2.12. The predicted octanol–water partition coefficient (Wildman–Crippen LogP) is 4.28. The number of anilines is 1. The minimum atomic E-state index is -4.14. The molecule has 5 rings (SSSR count). The zero-order chi connectivity index (χ0) is 29.3. The number of hydrogen-bond donors (Lipinski definition) is 2. The van der Waals surface area contributed by atoms with E-state index >= 15 is 0 Å². The predicted molar refractivity (Wildman–Crippen MR) is 153 cm³/mol. The normalized spacial score (nSPS) is 13.9. The molecule has 0 radical (unpaired) electrons. The molecule has 0 atom stereocenters. The van der Waals surface area contributed by atoms with E-state index in [-0.39, 0.29) is 33.8 Å². The topological polar surface area (TPSA) is 146 Å². The van der Waals surface area contributed by atoms with Gasteiger partial charge in [0, 0.05) is 5.92 Å². The largest absolute Gasteiger partial charge is 0.493 e. The molecular formula is C28H33N5O7S. The number of nitrogens with zero attached hydrogens (tertiary/aromatic N) is 3. The molecule has 0 bridgehead atoms. The van der Waals surface area contributed by atoms with E-state index in [4.69, 9.17) is 23.9 Å². The lowest BCUT2D eigenvalue weighted by Gasteiger charge is -2.17. The van der Waals surface area contributed by atoms with Crippen LogP contribution in [0.2, 0.25) is 0 Å². The fourth-order valence-electron chi connectivity index (χ4n) is 5.31. The van der Waals surface area contributed by atoms with Gasteiger partial charge in [-0.1, -0.05) is 12.8 Å². The lowest BCUT2D eigenvalue weighted by Crippen LogP contribution is -2.20. The molecule has 13 heteroatoms. The van der Waals surface area contributed by atoms with E-state index in [1.54, 1.807) is 19.1 Å². The highest BCUT2D eigenvalue weighted by Crippen LogP contribution is 2.43. The summed E-state index contributed by atoms with van der Waals surface area (Å²) in [6.07, 6.45) is 4.17. The van der Waals surface area contributed by atoms with Crippen molar-refractivity contribution in [2.75, 3.05) is 32.7 Å². The zero-order valence-corrected chi connectivity index (χ0v) is 24.4. The van der Waals surface area contributed by atoms with Gasteiger partial charge in [-0.25, -0.2) is 27.6 Å². The van der Waals surface area contributed by atoms with E-state index in [1.165, 1.54) is 43.9 Å². The van der Waals surface area contributed by atoms with Crippen molar-refractivity contribution in [3.8, 4) is 34.4 Å². The summed E-state index contributed by atoms with van der Waals surface area (Å²) in [4.78, 5) is 25.4. The van der Waals surface area contributed by atoms with Crippen LogP contribution in [0.4, 0.5) is 5.69 Å². The van der Waals surface area contributed by atoms with Crippen LogP contribution in [-0.2, 0) is 10.0 Å². The van der Waals surface area contributed by atoms with Crippen LogP contribution < -0.4 is 29.4 Å². The van der Waals surface area contributed by atoms with Crippen molar-refractivity contribution < 1.29 is 27.4 Å². The SMILES string of the molecule is CCOc1ccc(S(=O)(=O)Nc2ccc(OC)c(OC)c2OC)cc1-c1nc2c(C3CCCC3)nc(C)n2c(=O)[nH]1. The highest BCUT2D eigenvalue weighted by Gasteiger charge is 2.27. The van der Waals surface area contributed by atoms with Crippen molar-refractivity contribution in [3.63, 3.8) is 0 Å². The Balaban J connectivity index is 1.62. The summed E-state index contributed by atoms with van der Waals surface area (Å²) in [7, 11) is 0.167. The van der Waals surface area contributed by atoms with Crippen LogP contribution >= 0.6 is 0 Å². The van der Waals surface area contributed by atoms with Crippen LogP contribution in [0.5, 0.6) is 23.0 Å². The number of H-pyrrole nitrogens is 1. The molecule has 218 valence electrons. The quantitative estimate of drug-likeness (QED) is 0.279. The van der Waals surface area contributed by atoms with E-state index in [9.17, 15) is 13.2 Å². The van der Waals surface area contributed by atoms with Crippen LogP contribution in [0.25, 0.3) is 17.0 Å². The van der Waals surface area contributed by atoms with Gasteiger partial charge in [-0.05, 0) is 57.0 Å². The first kappa shape index (κ1) is 28.3. The number of nitrogens with one attached hydrogen (secondary N) is 2. The van der Waals surface area contributed by atoms with Gasteiger partial charge in [-0.3, -0.25) is 9.71 Å². The number of hydrogen-bond acceptors (Lipinski definition) is 9. The molecule has 2 N–H and O–H groups in total. The summed E-state index contributed by atoms with van der Waals surface area (Å²) in [5.41, 5.74) is 1.32. The third-order valence-corrected chi connectivity index (χ3v) is 8.56. The standard InChI is InChI=1S/C28H33N5O7S/c1-6-40-21-13-11-18(41(35,36)32-20-12-14-22(37-3)25(39-5)24(20)38-4)15-19(21)26-30-27-23(17-9-7-8-10-17)29-16(2)33(27)28(34)31-26/h11-15,17,32H,6-10H2,1-5H3,(H,30,31,34). The molecule has 12 nitrogen and oxygen atoms in total. The highest BCUT2D eigenvalue weighted by atomic mass is 32.2. The number of methoxy groups -OCH3 is 3. The second-order valence-corrected chi connectivity index (χ2v) is 11.3. The number of aromatic amines is 1. The number of ether oxygens (including phenoxy) is 4. The van der Waals surface area contributed by atoms with Crippen molar-refractivity contribution >= 4 is 21.4 Å². The Hall–Kier alpha value is -4.26. The smallest absolute Gasteiger partial charge is 0.334 e. The summed E-state index contributed by atoms with van der Waals surface area (Å²) in [6.45, 7) is 3.91. The fraction of sp³-hybridized carbons (Fsp3) is 0.393. The third kappa shape index (κ3) is 5.17. The molecule has 0 saturated heterocycles. The van der Waals surface area contributed by atoms with Gasteiger partial charge in [-0.15, -0.1) is 0 Å². The van der Waals surface area contributed by atoms with Gasteiger partial charge in [-0.2, -0.15) is 0 Å². The Kier molecular flexibility index (Phi) is 7.80. The first-order chi connectivity index (χ1) is 19.7. The molecular weight excluding hydrogens is 550 g/mol. The van der Waals surface area contributed by atoms with Crippen molar-refractivity contribution in [3.05, 3.63) is 52.3 Å². The summed E-state index contributed by atoms with van der Waals surface area (Å²) in [5, 5.41) is 0. The van der Waals surface area contributed by atoms with Crippen LogP contribution in [0, 0.1) is 6.92 Å². The number of sulfonamides is 1. The van der Waals surface area contributed by atoms with E-state index in [0.717, 1.165) is 31.4 Å². The van der Waals surface area contributed by atoms with E-state index < -0.39 is 15.7 Å². The average molecular weight is 584 g/mol. The maximum Gasteiger partial charge on any atom is 0.334 e. The number of rotatable bonds is 10. The maximum atomic E-state index is 13.6. The number of benzene rings is 2. The van der Waals surface area contributed by atoms with Gasteiger partial charge in [0.1, 0.15) is 17.4 Å². The maximum absolute atomic E-state index is 13.6. The molecule has 0 aliphatic heterocycles. The molecule has 41 heavy (non-hydrogen) atoms. The van der Waals surface area contributed by atoms with Crippen LogP contribution in [0.3, 0.4) is 0 Å². The number of imidazole rings is 1. The Morgan fingerprint density at radius 3 is 2.37 bits per heavy atom. The molecule has 1 fully saturated rings. The van der Waals surface area contributed by atoms with Crippen molar-refractivity contribution in [1.82, 2.24) is 19.4 Å². The zero-order valence-electron chi connectivity index (χ0n) is 23.6. The van der Waals surface area contributed by atoms with Gasteiger partial charge >= 0.3 is 5.69 Å². The molecule has 0 spiro atoms. The van der Waals surface area contributed by atoms with Gasteiger partial charge in [0.15, 0.2) is 17.1 Å². The first-order valence-electron chi connectivity index (χ1n) is 13.3. The molecule has 1 saturated carbocycles. The van der Waals surface area contributed by atoms with E-state index in [1.807, 2.05) is 6.92 Å². The van der Waals surface area contributed by atoms with Crippen LogP contribution in [0.1, 0.15) is 50.0 Å². The van der Waals surface area contributed by atoms with Gasteiger partial charge in [0.2, 0.25) is 5.75 Å². The monoisotopic (exact) mass is 583 g/mol. The Bertz CT molecular complexity index is 1760.